The van der Waals surface area contributed by atoms with Crippen molar-refractivity contribution in [3.8, 4) is 28.1 Å². The van der Waals surface area contributed by atoms with Gasteiger partial charge in [-0.05, 0) is 48.6 Å². The maximum Gasteiger partial charge on any atom is 0.222 e. The molecule has 0 N–H and O–H groups in total. The smallest absolute Gasteiger partial charge is 0.222 e. The number of fused-ring (bicyclic) bond motifs is 2. The predicted molar refractivity (Wildman–Crippen MR) is 138 cm³/mol. The average molecular weight is 467 g/mol. The molecule has 6 rings (SSSR count). The summed E-state index contributed by atoms with van der Waals surface area (Å²) in [7, 11) is 2.06. The van der Waals surface area contributed by atoms with Gasteiger partial charge >= 0.3 is 0 Å². The highest BCUT2D eigenvalue weighted by Crippen LogP contribution is 2.42. The van der Waals surface area contributed by atoms with Crippen molar-refractivity contribution in [2.45, 2.75) is 32.2 Å². The summed E-state index contributed by atoms with van der Waals surface area (Å²) in [6.45, 7) is 9.70. The van der Waals surface area contributed by atoms with Gasteiger partial charge in [0.25, 0.3) is 0 Å². The maximum absolute atomic E-state index is 14.7. The fraction of sp³-hybridized carbons (Fsp3) is 0.310. The first-order valence-electron chi connectivity index (χ1n) is 12.3. The zero-order valence-electron chi connectivity index (χ0n) is 19.8. The molecule has 0 saturated heterocycles. The predicted octanol–water partition coefficient (Wildman–Crippen LogP) is 7.08. The highest BCUT2D eigenvalue weighted by molar-refractivity contribution is 6.02. The van der Waals surface area contributed by atoms with Crippen molar-refractivity contribution in [3.63, 3.8) is 0 Å². The van der Waals surface area contributed by atoms with E-state index in [-0.39, 0.29) is 5.69 Å². The monoisotopic (exact) mass is 466 g/mol. The zero-order valence-corrected chi connectivity index (χ0v) is 19.8. The van der Waals surface area contributed by atoms with Gasteiger partial charge in [0.2, 0.25) is 5.69 Å². The minimum Gasteiger partial charge on any atom is -0.490 e. The Morgan fingerprint density at radius 3 is 2.74 bits per heavy atom. The third-order valence-electron chi connectivity index (χ3n) is 7.44. The Bertz CT molecular complexity index is 1460. The molecular formula is C29H27FN4O. The topological polar surface area (TPSA) is 34.6 Å². The van der Waals surface area contributed by atoms with Gasteiger partial charge in [-0.15, -0.1) is 0 Å². The van der Waals surface area contributed by atoms with E-state index in [2.05, 4.69) is 45.8 Å². The van der Waals surface area contributed by atoms with E-state index in [0.717, 1.165) is 57.8 Å². The van der Waals surface area contributed by atoms with Gasteiger partial charge in [-0.3, -0.25) is 4.98 Å². The molecule has 1 aliphatic carbocycles. The van der Waals surface area contributed by atoms with Crippen molar-refractivity contribution < 1.29 is 9.13 Å². The van der Waals surface area contributed by atoms with Crippen LogP contribution in [0.4, 0.5) is 15.8 Å². The van der Waals surface area contributed by atoms with Crippen molar-refractivity contribution in [1.82, 2.24) is 9.55 Å². The second kappa shape index (κ2) is 8.74. The molecule has 2 aromatic heterocycles. The number of hydrogen-bond acceptors (Lipinski definition) is 3. The first kappa shape index (κ1) is 21.7. The van der Waals surface area contributed by atoms with E-state index in [9.17, 15) is 4.39 Å². The van der Waals surface area contributed by atoms with Crippen molar-refractivity contribution in [2.75, 3.05) is 25.1 Å². The summed E-state index contributed by atoms with van der Waals surface area (Å²) in [6.07, 6.45) is 9.22. The number of ether oxygens (including phenoxy) is 1. The van der Waals surface area contributed by atoms with E-state index < -0.39 is 5.82 Å². The Labute approximate surface area is 204 Å². The molecule has 0 unspecified atom stereocenters. The fourth-order valence-corrected chi connectivity index (χ4v) is 5.56. The normalized spacial score (nSPS) is 15.7. The molecule has 2 aliphatic rings. The van der Waals surface area contributed by atoms with Gasteiger partial charge < -0.3 is 14.2 Å². The number of rotatable bonds is 4. The molecule has 0 spiro atoms. The molecule has 5 nitrogen and oxygen atoms in total. The fourth-order valence-electron chi connectivity index (χ4n) is 5.56. The number of nitrogens with zero attached hydrogens (tertiary/aromatic N) is 4. The van der Waals surface area contributed by atoms with Crippen LogP contribution in [0.1, 0.15) is 25.7 Å². The van der Waals surface area contributed by atoms with E-state index in [1.165, 1.54) is 31.7 Å². The zero-order chi connectivity index (χ0) is 23.9. The molecule has 0 atom stereocenters. The lowest BCUT2D eigenvalue weighted by atomic mass is 9.95. The van der Waals surface area contributed by atoms with E-state index in [4.69, 9.17) is 16.3 Å². The number of benzene rings is 2. The van der Waals surface area contributed by atoms with E-state index in [1.54, 1.807) is 6.07 Å². The summed E-state index contributed by atoms with van der Waals surface area (Å²) < 4.78 is 23.0. The number of aromatic nitrogens is 2. The number of hydrogen-bond donors (Lipinski definition) is 0. The van der Waals surface area contributed by atoms with Crippen LogP contribution in [-0.2, 0) is 6.54 Å². The van der Waals surface area contributed by atoms with E-state index in [0.29, 0.717) is 12.5 Å². The lowest BCUT2D eigenvalue weighted by Crippen LogP contribution is -2.28. The van der Waals surface area contributed by atoms with Gasteiger partial charge in [0.15, 0.2) is 0 Å². The second-order valence-electron chi connectivity index (χ2n) is 9.63. The Kier molecular flexibility index (Phi) is 5.41. The van der Waals surface area contributed by atoms with Crippen LogP contribution in [0.15, 0.2) is 54.9 Å². The molecule has 35 heavy (non-hydrogen) atoms. The third-order valence-corrected chi connectivity index (χ3v) is 7.44. The van der Waals surface area contributed by atoms with Gasteiger partial charge in [0.05, 0.1) is 36.2 Å². The van der Waals surface area contributed by atoms with E-state index in [1.807, 2.05) is 18.3 Å². The van der Waals surface area contributed by atoms with Crippen LogP contribution in [0.25, 0.3) is 38.1 Å². The molecular weight excluding hydrogens is 439 g/mol. The van der Waals surface area contributed by atoms with Crippen LogP contribution >= 0.6 is 0 Å². The molecule has 1 fully saturated rings. The van der Waals surface area contributed by atoms with Crippen molar-refractivity contribution >= 4 is 22.3 Å². The summed E-state index contributed by atoms with van der Waals surface area (Å²) in [6, 6.07) is 13.1. The Morgan fingerprint density at radius 1 is 1.11 bits per heavy atom. The van der Waals surface area contributed by atoms with Crippen LogP contribution < -0.4 is 9.64 Å². The van der Waals surface area contributed by atoms with Crippen LogP contribution in [-0.4, -0.2) is 29.8 Å². The van der Waals surface area contributed by atoms with Crippen LogP contribution in [0.5, 0.6) is 5.75 Å². The first-order valence-corrected chi connectivity index (χ1v) is 12.3. The maximum atomic E-state index is 14.7. The molecule has 6 heteroatoms. The first-order chi connectivity index (χ1) is 17.1. The molecule has 0 radical (unpaired) electrons. The standard InChI is InChI=1S/C29H27FN4O/c1-31-24-9-7-20(15-23(24)30)28-22-11-12-34(18-19-5-3-4-6-19)26(22)17-32-29(28)21-8-10-25-27(16-21)35-14-13-33(25)2/h7-12,15-17,19H,3-6,13-14,18H2,2H3. The van der Waals surface area contributed by atoms with Crippen molar-refractivity contribution in [2.24, 2.45) is 5.92 Å². The summed E-state index contributed by atoms with van der Waals surface area (Å²) >= 11 is 0. The molecule has 3 heterocycles. The second-order valence-corrected chi connectivity index (χ2v) is 9.63. The van der Waals surface area contributed by atoms with Gasteiger partial charge in [-0.25, -0.2) is 9.24 Å². The van der Waals surface area contributed by atoms with E-state index >= 15 is 0 Å². The largest absolute Gasteiger partial charge is 0.490 e. The summed E-state index contributed by atoms with van der Waals surface area (Å²) in [5, 5.41) is 1.04. The molecule has 2 aromatic carbocycles. The highest BCUT2D eigenvalue weighted by atomic mass is 19.1. The summed E-state index contributed by atoms with van der Waals surface area (Å²) in [4.78, 5) is 10.4. The Hall–Kier alpha value is -3.85. The highest BCUT2D eigenvalue weighted by Gasteiger charge is 2.22. The molecule has 0 amide bonds. The number of pyridine rings is 1. The summed E-state index contributed by atoms with van der Waals surface area (Å²) in [5.74, 6) is 1.01. The number of anilines is 1. The van der Waals surface area contributed by atoms with Crippen LogP contribution in [0.3, 0.4) is 0 Å². The van der Waals surface area contributed by atoms with Gasteiger partial charge in [-0.2, -0.15) is 0 Å². The quantitative estimate of drug-likeness (QED) is 0.302. The van der Waals surface area contributed by atoms with Crippen molar-refractivity contribution in [3.05, 3.63) is 72.1 Å². The third kappa shape index (κ3) is 3.81. The van der Waals surface area contributed by atoms with Crippen LogP contribution in [0, 0.1) is 18.3 Å². The number of halogens is 1. The Balaban J connectivity index is 1.53. The average Bonchev–Trinajstić information content (AvgIpc) is 3.54. The molecule has 1 aliphatic heterocycles. The van der Waals surface area contributed by atoms with Gasteiger partial charge in [0.1, 0.15) is 18.2 Å². The lowest BCUT2D eigenvalue weighted by molar-refractivity contribution is 0.311. The molecule has 176 valence electrons. The van der Waals surface area contributed by atoms with Crippen molar-refractivity contribution in [1.29, 1.82) is 0 Å². The molecule has 0 bridgehead atoms. The summed E-state index contributed by atoms with van der Waals surface area (Å²) in [5.41, 5.74) is 5.45. The van der Waals surface area contributed by atoms with Crippen LogP contribution in [0.2, 0.25) is 0 Å². The van der Waals surface area contributed by atoms with Gasteiger partial charge in [-0.1, -0.05) is 31.0 Å². The SMILES string of the molecule is [C-]#[N+]c1ccc(-c2c(-c3ccc4c(c3)OCCN4C)ncc3c2ccn3CC2CCCC2)cc1F. The Morgan fingerprint density at radius 2 is 1.94 bits per heavy atom. The van der Waals surface area contributed by atoms with Gasteiger partial charge in [0, 0.05) is 36.3 Å². The molecule has 4 aromatic rings. The minimum absolute atomic E-state index is 0.0273. The minimum atomic E-state index is -0.513. The molecule has 1 saturated carbocycles. The number of likely N-dealkylation sites (N-methyl/N-ethyl adjacent to an activating group) is 1. The lowest BCUT2D eigenvalue weighted by Gasteiger charge is -2.28.